The molecule has 1 N–H and O–H groups in total. The van der Waals surface area contributed by atoms with E-state index in [1.165, 1.54) is 6.42 Å². The highest BCUT2D eigenvalue weighted by molar-refractivity contribution is 6.30. The summed E-state index contributed by atoms with van der Waals surface area (Å²) in [6, 6.07) is 5.28. The molecule has 2 unspecified atom stereocenters. The van der Waals surface area contributed by atoms with Gasteiger partial charge in [-0.15, -0.1) is 0 Å². The van der Waals surface area contributed by atoms with E-state index in [4.69, 9.17) is 11.6 Å². The fraction of sp³-hybridized carbons (Fsp3) is 0.600. The smallest absolute Gasteiger partial charge is 0.142 e. The van der Waals surface area contributed by atoms with Crippen molar-refractivity contribution in [3.05, 3.63) is 34.6 Å². The van der Waals surface area contributed by atoms with Crippen molar-refractivity contribution in [3.63, 3.8) is 0 Å². The molecular weight excluding hydrogens is 249 g/mol. The first-order chi connectivity index (χ1) is 8.58. The monoisotopic (exact) mass is 269 g/mol. The topological polar surface area (TPSA) is 12.0 Å². The molecule has 1 nitrogen and oxygen atoms in total. The maximum atomic E-state index is 13.6. The highest BCUT2D eigenvalue weighted by Gasteiger charge is 2.27. The highest BCUT2D eigenvalue weighted by atomic mass is 35.5. The van der Waals surface area contributed by atoms with E-state index in [-0.39, 0.29) is 10.8 Å². The van der Waals surface area contributed by atoms with Crippen molar-refractivity contribution in [2.75, 3.05) is 13.1 Å². The molecule has 1 saturated heterocycles. The summed E-state index contributed by atoms with van der Waals surface area (Å²) in [7, 11) is 0. The lowest BCUT2D eigenvalue weighted by Gasteiger charge is -2.33. The molecule has 2 atom stereocenters. The van der Waals surface area contributed by atoms with Crippen LogP contribution in [0.4, 0.5) is 4.39 Å². The molecule has 1 aliphatic heterocycles. The molecule has 0 spiro atoms. The van der Waals surface area contributed by atoms with E-state index in [0.29, 0.717) is 17.8 Å². The predicted molar refractivity (Wildman–Crippen MR) is 74.6 cm³/mol. The first-order valence-electron chi connectivity index (χ1n) is 6.73. The molecule has 2 rings (SSSR count). The van der Waals surface area contributed by atoms with Crippen molar-refractivity contribution in [1.82, 2.24) is 5.32 Å². The summed E-state index contributed by atoms with van der Waals surface area (Å²) in [6.07, 6.45) is 2.26. The SMILES string of the molecule is CC(C)CC1CNCCC1c1ccc(Cl)c(F)c1. The molecule has 0 amide bonds. The number of nitrogens with one attached hydrogen (secondary N) is 1. The van der Waals surface area contributed by atoms with Crippen LogP contribution in [0.15, 0.2) is 18.2 Å². The summed E-state index contributed by atoms with van der Waals surface area (Å²) in [5.74, 6) is 1.44. The van der Waals surface area contributed by atoms with Crippen molar-refractivity contribution in [3.8, 4) is 0 Å². The van der Waals surface area contributed by atoms with E-state index in [1.54, 1.807) is 12.1 Å². The minimum atomic E-state index is -0.295. The summed E-state index contributed by atoms with van der Waals surface area (Å²) in [4.78, 5) is 0. The van der Waals surface area contributed by atoms with Crippen LogP contribution in [0, 0.1) is 17.7 Å². The number of piperidine rings is 1. The molecule has 1 aromatic rings. The molecule has 0 aromatic heterocycles. The summed E-state index contributed by atoms with van der Waals surface area (Å²) in [6.45, 7) is 6.54. The zero-order valence-corrected chi connectivity index (χ0v) is 11.8. The number of halogens is 2. The normalized spacial score (nSPS) is 24.5. The molecule has 1 fully saturated rings. The van der Waals surface area contributed by atoms with Gasteiger partial charge in [0.2, 0.25) is 0 Å². The molecule has 0 saturated carbocycles. The lowest BCUT2D eigenvalue weighted by Crippen LogP contribution is -2.36. The fourth-order valence-corrected chi connectivity index (χ4v) is 3.08. The van der Waals surface area contributed by atoms with Crippen molar-refractivity contribution >= 4 is 11.6 Å². The van der Waals surface area contributed by atoms with Crippen molar-refractivity contribution < 1.29 is 4.39 Å². The van der Waals surface area contributed by atoms with Gasteiger partial charge in [0.15, 0.2) is 0 Å². The number of rotatable bonds is 3. The Balaban J connectivity index is 2.19. The Morgan fingerprint density at radius 3 is 2.89 bits per heavy atom. The largest absolute Gasteiger partial charge is 0.316 e. The van der Waals surface area contributed by atoms with E-state index in [1.807, 2.05) is 6.07 Å². The van der Waals surface area contributed by atoms with E-state index in [9.17, 15) is 4.39 Å². The van der Waals surface area contributed by atoms with Gasteiger partial charge >= 0.3 is 0 Å². The van der Waals surface area contributed by atoms with Gasteiger partial charge in [0.1, 0.15) is 5.82 Å². The molecule has 1 aliphatic rings. The van der Waals surface area contributed by atoms with Crippen LogP contribution in [-0.2, 0) is 0 Å². The summed E-state index contributed by atoms with van der Waals surface area (Å²) in [5.41, 5.74) is 1.10. The summed E-state index contributed by atoms with van der Waals surface area (Å²) in [5, 5.41) is 3.66. The molecule has 100 valence electrons. The van der Waals surface area contributed by atoms with E-state index in [2.05, 4.69) is 19.2 Å². The molecule has 18 heavy (non-hydrogen) atoms. The first kappa shape index (κ1) is 13.8. The van der Waals surface area contributed by atoms with Gasteiger partial charge in [0, 0.05) is 0 Å². The maximum absolute atomic E-state index is 13.6. The van der Waals surface area contributed by atoms with Gasteiger partial charge in [0.25, 0.3) is 0 Å². The number of hydrogen-bond donors (Lipinski definition) is 1. The third-order valence-corrected chi connectivity index (χ3v) is 4.06. The van der Waals surface area contributed by atoms with Crippen molar-refractivity contribution in [2.45, 2.75) is 32.6 Å². The Bertz CT molecular complexity index is 405. The molecule has 0 radical (unpaired) electrons. The van der Waals surface area contributed by atoms with Gasteiger partial charge in [-0.25, -0.2) is 4.39 Å². The molecular formula is C15H21ClFN. The molecule has 3 heteroatoms. The predicted octanol–water partition coefficient (Wildman–Crippen LogP) is 4.22. The van der Waals surface area contributed by atoms with Gasteiger partial charge in [-0.3, -0.25) is 0 Å². The molecule has 0 aliphatic carbocycles. The van der Waals surface area contributed by atoms with Gasteiger partial charge in [0.05, 0.1) is 5.02 Å². The summed E-state index contributed by atoms with van der Waals surface area (Å²) < 4.78 is 13.6. The lowest BCUT2D eigenvalue weighted by atomic mass is 9.77. The Kier molecular flexibility index (Phi) is 4.63. The Labute approximate surface area is 114 Å². The van der Waals surface area contributed by atoms with Crippen LogP contribution in [0.5, 0.6) is 0 Å². The first-order valence-corrected chi connectivity index (χ1v) is 7.11. The van der Waals surface area contributed by atoms with Crippen LogP contribution in [0.3, 0.4) is 0 Å². The van der Waals surface area contributed by atoms with Crippen molar-refractivity contribution in [1.29, 1.82) is 0 Å². The zero-order valence-electron chi connectivity index (χ0n) is 11.0. The van der Waals surface area contributed by atoms with E-state index in [0.717, 1.165) is 25.1 Å². The minimum absolute atomic E-state index is 0.216. The second kappa shape index (κ2) is 6.03. The quantitative estimate of drug-likeness (QED) is 0.866. The van der Waals surface area contributed by atoms with Crippen LogP contribution >= 0.6 is 11.6 Å². The summed E-state index contributed by atoms with van der Waals surface area (Å²) >= 11 is 5.75. The van der Waals surface area contributed by atoms with Crippen LogP contribution in [-0.4, -0.2) is 13.1 Å². The second-order valence-electron chi connectivity index (χ2n) is 5.66. The maximum Gasteiger partial charge on any atom is 0.142 e. The van der Waals surface area contributed by atoms with Crippen LogP contribution in [0.1, 0.15) is 38.2 Å². The molecule has 0 bridgehead atoms. The zero-order chi connectivity index (χ0) is 13.1. The van der Waals surface area contributed by atoms with Gasteiger partial charge < -0.3 is 5.32 Å². The van der Waals surface area contributed by atoms with Crippen LogP contribution in [0.25, 0.3) is 0 Å². The lowest BCUT2D eigenvalue weighted by molar-refractivity contribution is 0.280. The standard InChI is InChI=1S/C15H21ClFN/c1-10(2)7-12-9-18-6-5-13(12)11-3-4-14(16)15(17)8-11/h3-4,8,10,12-13,18H,5-7,9H2,1-2H3. The highest BCUT2D eigenvalue weighted by Crippen LogP contribution is 2.35. The second-order valence-corrected chi connectivity index (χ2v) is 6.07. The van der Waals surface area contributed by atoms with Gasteiger partial charge in [-0.2, -0.15) is 0 Å². The van der Waals surface area contributed by atoms with Gasteiger partial charge in [-0.1, -0.05) is 31.5 Å². The van der Waals surface area contributed by atoms with E-state index >= 15 is 0 Å². The fourth-order valence-electron chi connectivity index (χ4n) is 2.96. The van der Waals surface area contributed by atoms with E-state index < -0.39 is 0 Å². The average Bonchev–Trinajstić information content (AvgIpc) is 2.33. The minimum Gasteiger partial charge on any atom is -0.316 e. The van der Waals surface area contributed by atoms with Crippen LogP contribution in [0.2, 0.25) is 5.02 Å². The van der Waals surface area contributed by atoms with Crippen molar-refractivity contribution in [2.24, 2.45) is 11.8 Å². The molecule has 1 heterocycles. The Morgan fingerprint density at radius 2 is 2.22 bits per heavy atom. The third-order valence-electron chi connectivity index (χ3n) is 3.75. The molecule has 1 aromatic carbocycles. The number of benzene rings is 1. The average molecular weight is 270 g/mol. The third kappa shape index (κ3) is 3.24. The van der Waals surface area contributed by atoms with Crippen LogP contribution < -0.4 is 5.32 Å². The van der Waals surface area contributed by atoms with Gasteiger partial charge in [-0.05, 0) is 61.4 Å². The Hall–Kier alpha value is -0.600. The number of hydrogen-bond acceptors (Lipinski definition) is 1. The Morgan fingerprint density at radius 1 is 1.44 bits per heavy atom.